The van der Waals surface area contributed by atoms with Crippen LogP contribution in [0, 0.1) is 0 Å². The standard InChI is InChI=1S/C18H12BrNO4S2/c1-23-14-8-10(9-15-16(21)20-18(25)26-15)6-7-13(14)24-17(22)11-4-2-3-5-12(11)19/h2-9H,1H3,(H,20,21,25). The van der Waals surface area contributed by atoms with Crippen molar-refractivity contribution in [2.24, 2.45) is 0 Å². The van der Waals surface area contributed by atoms with Gasteiger partial charge < -0.3 is 14.8 Å². The van der Waals surface area contributed by atoms with Crippen LogP contribution in [0.3, 0.4) is 0 Å². The number of amides is 1. The summed E-state index contributed by atoms with van der Waals surface area (Å²) in [5.74, 6) is -0.0680. The molecule has 1 heterocycles. The van der Waals surface area contributed by atoms with E-state index in [1.54, 1.807) is 42.5 Å². The summed E-state index contributed by atoms with van der Waals surface area (Å²) in [5, 5.41) is 2.56. The lowest BCUT2D eigenvalue weighted by Crippen LogP contribution is -2.17. The van der Waals surface area contributed by atoms with Crippen molar-refractivity contribution in [3.05, 3.63) is 63.0 Å². The largest absolute Gasteiger partial charge is 0.493 e. The number of thioether (sulfide) groups is 1. The Balaban J connectivity index is 1.85. The van der Waals surface area contributed by atoms with Crippen LogP contribution >= 0.6 is 39.9 Å². The molecule has 2 aromatic rings. The fourth-order valence-corrected chi connectivity index (χ4v) is 3.70. The van der Waals surface area contributed by atoms with Crippen LogP contribution in [0.25, 0.3) is 6.08 Å². The number of thiocarbonyl (C=S) groups is 1. The summed E-state index contributed by atoms with van der Waals surface area (Å²) < 4.78 is 11.8. The molecule has 8 heteroatoms. The minimum Gasteiger partial charge on any atom is -0.493 e. The van der Waals surface area contributed by atoms with Crippen LogP contribution in [0.4, 0.5) is 0 Å². The molecule has 0 aromatic heterocycles. The van der Waals surface area contributed by atoms with Gasteiger partial charge in [0.2, 0.25) is 0 Å². The highest BCUT2D eigenvalue weighted by atomic mass is 79.9. The Morgan fingerprint density at radius 2 is 2.00 bits per heavy atom. The van der Waals surface area contributed by atoms with Gasteiger partial charge in [0.15, 0.2) is 11.5 Å². The Kier molecular flexibility index (Phi) is 5.75. The number of benzene rings is 2. The average molecular weight is 450 g/mol. The van der Waals surface area contributed by atoms with Crippen LogP contribution in [-0.2, 0) is 4.79 Å². The highest BCUT2D eigenvalue weighted by Crippen LogP contribution is 2.32. The molecule has 0 spiro atoms. The van der Waals surface area contributed by atoms with Crippen molar-refractivity contribution in [3.8, 4) is 11.5 Å². The van der Waals surface area contributed by atoms with Crippen LogP contribution in [0.1, 0.15) is 15.9 Å². The molecule has 132 valence electrons. The van der Waals surface area contributed by atoms with Gasteiger partial charge >= 0.3 is 5.97 Å². The van der Waals surface area contributed by atoms with E-state index in [1.165, 1.54) is 18.9 Å². The Bertz CT molecular complexity index is 943. The molecular weight excluding hydrogens is 438 g/mol. The van der Waals surface area contributed by atoms with Crippen molar-refractivity contribution in [3.63, 3.8) is 0 Å². The summed E-state index contributed by atoms with van der Waals surface area (Å²) in [6.45, 7) is 0. The van der Waals surface area contributed by atoms with E-state index in [9.17, 15) is 9.59 Å². The Morgan fingerprint density at radius 3 is 2.65 bits per heavy atom. The van der Waals surface area contributed by atoms with Crippen molar-refractivity contribution in [2.45, 2.75) is 0 Å². The number of carbonyl (C=O) groups excluding carboxylic acids is 2. The van der Waals surface area contributed by atoms with Crippen molar-refractivity contribution < 1.29 is 19.1 Å². The molecule has 3 rings (SSSR count). The minimum atomic E-state index is -0.502. The maximum Gasteiger partial charge on any atom is 0.344 e. The normalized spacial score (nSPS) is 15.1. The van der Waals surface area contributed by atoms with Crippen LogP contribution in [0.15, 0.2) is 51.8 Å². The van der Waals surface area contributed by atoms with Crippen LogP contribution in [0.5, 0.6) is 11.5 Å². The zero-order valence-electron chi connectivity index (χ0n) is 13.4. The number of rotatable bonds is 4. The lowest BCUT2D eigenvalue weighted by Gasteiger charge is -2.11. The van der Waals surface area contributed by atoms with Crippen LogP contribution in [-0.4, -0.2) is 23.3 Å². The fraction of sp³-hybridized carbons (Fsp3) is 0.0556. The van der Waals surface area contributed by atoms with Gasteiger partial charge in [-0.2, -0.15) is 0 Å². The Hall–Kier alpha value is -2.16. The van der Waals surface area contributed by atoms with E-state index in [1.807, 2.05) is 6.07 Å². The van der Waals surface area contributed by atoms with Crippen LogP contribution < -0.4 is 14.8 Å². The summed E-state index contributed by atoms with van der Waals surface area (Å²) in [6, 6.07) is 12.0. The highest BCUT2D eigenvalue weighted by molar-refractivity contribution is 9.10. The molecule has 0 atom stereocenters. The Labute approximate surface area is 167 Å². The molecule has 1 aliphatic heterocycles. The smallest absolute Gasteiger partial charge is 0.344 e. The van der Waals surface area contributed by atoms with Gasteiger partial charge in [-0.15, -0.1) is 0 Å². The van der Waals surface area contributed by atoms with E-state index in [0.29, 0.717) is 25.0 Å². The Morgan fingerprint density at radius 1 is 1.23 bits per heavy atom. The number of nitrogens with one attached hydrogen (secondary N) is 1. The van der Waals surface area contributed by atoms with Gasteiger partial charge in [0, 0.05) is 4.47 Å². The lowest BCUT2D eigenvalue weighted by atomic mass is 10.2. The SMILES string of the molecule is COc1cc(C=C2SC(=S)NC2=O)ccc1OC(=O)c1ccccc1Br. The van der Waals surface area contributed by atoms with E-state index < -0.39 is 5.97 Å². The molecular formula is C18H12BrNO4S2. The van der Waals surface area contributed by atoms with Gasteiger partial charge in [-0.1, -0.05) is 42.2 Å². The molecule has 1 aliphatic rings. The number of halogens is 1. The van der Waals surface area contributed by atoms with E-state index in [2.05, 4.69) is 21.2 Å². The van der Waals surface area contributed by atoms with Gasteiger partial charge in [0.1, 0.15) is 4.32 Å². The monoisotopic (exact) mass is 449 g/mol. The molecule has 0 aliphatic carbocycles. The first kappa shape index (κ1) is 18.6. The average Bonchev–Trinajstić information content (AvgIpc) is 2.93. The summed E-state index contributed by atoms with van der Waals surface area (Å²) in [6.07, 6.45) is 1.70. The minimum absolute atomic E-state index is 0.233. The molecule has 26 heavy (non-hydrogen) atoms. The number of methoxy groups -OCH3 is 1. The van der Waals surface area contributed by atoms with Gasteiger partial charge in [0.25, 0.3) is 5.91 Å². The predicted octanol–water partition coefficient (Wildman–Crippen LogP) is 4.17. The molecule has 1 N–H and O–H groups in total. The third-order valence-electron chi connectivity index (χ3n) is 3.42. The zero-order chi connectivity index (χ0) is 18.7. The van der Waals surface area contributed by atoms with E-state index in [0.717, 1.165) is 5.56 Å². The van der Waals surface area contributed by atoms with Gasteiger partial charge in [0.05, 0.1) is 17.6 Å². The van der Waals surface area contributed by atoms with E-state index >= 15 is 0 Å². The fourth-order valence-electron chi connectivity index (χ4n) is 2.21. The van der Waals surface area contributed by atoms with Gasteiger partial charge in [-0.3, -0.25) is 4.79 Å². The first-order valence-corrected chi connectivity index (χ1v) is 9.39. The quantitative estimate of drug-likeness (QED) is 0.327. The maximum absolute atomic E-state index is 12.4. The van der Waals surface area contributed by atoms with Crippen molar-refractivity contribution in [1.82, 2.24) is 5.32 Å². The number of carbonyl (C=O) groups is 2. The maximum atomic E-state index is 12.4. The molecule has 5 nitrogen and oxygen atoms in total. The van der Waals surface area contributed by atoms with E-state index in [-0.39, 0.29) is 11.7 Å². The van der Waals surface area contributed by atoms with Crippen molar-refractivity contribution in [1.29, 1.82) is 0 Å². The molecule has 0 unspecified atom stereocenters. The molecule has 0 saturated carbocycles. The molecule has 1 saturated heterocycles. The number of hydrogen-bond acceptors (Lipinski definition) is 6. The molecule has 0 radical (unpaired) electrons. The summed E-state index contributed by atoms with van der Waals surface area (Å²) >= 11 is 9.49. The topological polar surface area (TPSA) is 64.6 Å². The molecule has 1 amide bonds. The zero-order valence-corrected chi connectivity index (χ0v) is 16.7. The van der Waals surface area contributed by atoms with Crippen molar-refractivity contribution in [2.75, 3.05) is 7.11 Å². The van der Waals surface area contributed by atoms with Crippen LogP contribution in [0.2, 0.25) is 0 Å². The lowest BCUT2D eigenvalue weighted by molar-refractivity contribution is -0.115. The molecule has 2 aromatic carbocycles. The summed E-state index contributed by atoms with van der Waals surface area (Å²) in [7, 11) is 1.48. The van der Waals surface area contributed by atoms with Gasteiger partial charge in [-0.25, -0.2) is 4.79 Å². The molecule has 1 fully saturated rings. The second kappa shape index (κ2) is 8.03. The van der Waals surface area contributed by atoms with Gasteiger partial charge in [-0.05, 0) is 51.8 Å². The summed E-state index contributed by atoms with van der Waals surface area (Å²) in [4.78, 5) is 24.6. The predicted molar refractivity (Wildman–Crippen MR) is 108 cm³/mol. The third kappa shape index (κ3) is 4.14. The second-order valence-corrected chi connectivity index (χ2v) is 7.71. The van der Waals surface area contributed by atoms with E-state index in [4.69, 9.17) is 21.7 Å². The third-order valence-corrected chi connectivity index (χ3v) is 5.28. The first-order chi connectivity index (χ1) is 12.5. The first-order valence-electron chi connectivity index (χ1n) is 7.37. The number of esters is 1. The number of hydrogen-bond donors (Lipinski definition) is 1. The molecule has 0 bridgehead atoms. The summed E-state index contributed by atoms with van der Waals surface area (Å²) in [5.41, 5.74) is 1.14. The van der Waals surface area contributed by atoms with Crippen molar-refractivity contribution >= 4 is 62.2 Å². The second-order valence-electron chi connectivity index (χ2n) is 5.13. The number of ether oxygens (including phenoxy) is 2. The highest BCUT2D eigenvalue weighted by Gasteiger charge is 2.22.